The molecule has 0 spiro atoms. The second-order valence-corrected chi connectivity index (χ2v) is 6.35. The van der Waals surface area contributed by atoms with Gasteiger partial charge in [-0.3, -0.25) is 9.89 Å². The van der Waals surface area contributed by atoms with Crippen molar-refractivity contribution in [2.75, 3.05) is 33.8 Å². The van der Waals surface area contributed by atoms with Crippen LogP contribution in [0.5, 0.6) is 0 Å². The van der Waals surface area contributed by atoms with Crippen molar-refractivity contribution in [3.05, 3.63) is 18.1 Å². The minimum atomic E-state index is -0.131. The lowest BCUT2D eigenvalue weighted by molar-refractivity contribution is 0.0683. The highest BCUT2D eigenvalue weighted by Gasteiger charge is 2.29. The average molecular weight is 334 g/mol. The number of nitrogens with zero attached hydrogens (tertiary/aromatic N) is 7. The van der Waals surface area contributed by atoms with Crippen molar-refractivity contribution >= 4 is 5.91 Å². The van der Waals surface area contributed by atoms with Crippen LogP contribution in [0.2, 0.25) is 0 Å². The zero-order chi connectivity index (χ0) is 17.1. The first-order valence-electron chi connectivity index (χ1n) is 7.93. The van der Waals surface area contributed by atoms with Gasteiger partial charge in [0.05, 0.1) is 0 Å². The van der Waals surface area contributed by atoms with E-state index in [1.807, 2.05) is 14.1 Å². The molecule has 0 saturated carbocycles. The van der Waals surface area contributed by atoms with Gasteiger partial charge in [-0.05, 0) is 43.3 Å². The van der Waals surface area contributed by atoms with Crippen LogP contribution in [0.3, 0.4) is 0 Å². The molecule has 10 heteroatoms. The lowest BCUT2D eigenvalue weighted by Crippen LogP contribution is -2.43. The number of aromatic amines is 1. The number of hydrogen-bond acceptors (Lipinski definition) is 7. The summed E-state index contributed by atoms with van der Waals surface area (Å²) in [5, 5.41) is 27.2. The number of rotatable bonds is 4. The van der Waals surface area contributed by atoms with Crippen LogP contribution >= 0.6 is 0 Å². The Labute approximate surface area is 139 Å². The summed E-state index contributed by atoms with van der Waals surface area (Å²) in [5.74, 6) is 0.427. The first-order chi connectivity index (χ1) is 11.6. The van der Waals surface area contributed by atoms with Gasteiger partial charge in [0.1, 0.15) is 12.0 Å². The van der Waals surface area contributed by atoms with Crippen LogP contribution in [0.1, 0.15) is 23.3 Å². The number of amides is 1. The van der Waals surface area contributed by atoms with E-state index >= 15 is 0 Å². The molecule has 3 heterocycles. The Morgan fingerprint density at radius 3 is 2.92 bits per heavy atom. The quantitative estimate of drug-likeness (QED) is 0.749. The van der Waals surface area contributed by atoms with Gasteiger partial charge in [0, 0.05) is 31.8 Å². The maximum Gasteiger partial charge on any atom is 0.272 e. The van der Waals surface area contributed by atoms with E-state index in [1.165, 1.54) is 11.0 Å². The molecule has 3 rings (SSSR count). The van der Waals surface area contributed by atoms with Crippen molar-refractivity contribution in [1.82, 2.24) is 40.2 Å². The predicted octanol–water partition coefficient (Wildman–Crippen LogP) is -0.840. The van der Waals surface area contributed by atoms with Gasteiger partial charge >= 0.3 is 0 Å². The number of aliphatic hydroxyl groups excluding tert-OH is 1. The van der Waals surface area contributed by atoms with Crippen LogP contribution in [-0.4, -0.2) is 91.1 Å². The number of nitrogens with one attached hydrogen (secondary N) is 1. The second-order valence-electron chi connectivity index (χ2n) is 6.35. The molecule has 2 atom stereocenters. The Morgan fingerprint density at radius 1 is 1.42 bits per heavy atom. The Kier molecular flexibility index (Phi) is 4.86. The van der Waals surface area contributed by atoms with Crippen molar-refractivity contribution in [3.63, 3.8) is 0 Å². The molecule has 0 aliphatic carbocycles. The Morgan fingerprint density at radius 2 is 2.25 bits per heavy atom. The fraction of sp³-hybridized carbons (Fsp3) is 0.643. The van der Waals surface area contributed by atoms with Gasteiger partial charge in [0.2, 0.25) is 0 Å². The number of aliphatic hydroxyl groups is 1. The third kappa shape index (κ3) is 3.44. The predicted molar refractivity (Wildman–Crippen MR) is 84.5 cm³/mol. The van der Waals surface area contributed by atoms with E-state index in [-0.39, 0.29) is 24.5 Å². The molecule has 0 aromatic carbocycles. The van der Waals surface area contributed by atoms with Crippen LogP contribution in [0.15, 0.2) is 12.4 Å². The number of tetrazole rings is 1. The maximum atomic E-state index is 12.9. The first kappa shape index (κ1) is 16.5. The van der Waals surface area contributed by atoms with Crippen LogP contribution in [0, 0.1) is 5.92 Å². The topological polar surface area (TPSA) is 116 Å². The highest BCUT2D eigenvalue weighted by molar-refractivity contribution is 5.92. The second kappa shape index (κ2) is 7.05. The van der Waals surface area contributed by atoms with E-state index < -0.39 is 0 Å². The van der Waals surface area contributed by atoms with E-state index in [4.69, 9.17) is 0 Å². The fourth-order valence-corrected chi connectivity index (χ4v) is 2.96. The molecule has 0 radical (unpaired) electrons. The third-order valence-corrected chi connectivity index (χ3v) is 4.47. The minimum absolute atomic E-state index is 0.0861. The summed E-state index contributed by atoms with van der Waals surface area (Å²) in [6, 6.07) is 1.90. The lowest BCUT2D eigenvalue weighted by Gasteiger charge is -2.28. The van der Waals surface area contributed by atoms with E-state index in [2.05, 4.69) is 30.6 Å². The molecule has 1 fully saturated rings. The molecule has 2 aromatic rings. The van der Waals surface area contributed by atoms with Crippen molar-refractivity contribution in [2.24, 2.45) is 5.92 Å². The lowest BCUT2D eigenvalue weighted by atomic mass is 10.0. The first-order valence-corrected chi connectivity index (χ1v) is 7.93. The monoisotopic (exact) mass is 334 g/mol. The Balaban J connectivity index is 1.79. The molecular formula is C14H22N8O2. The summed E-state index contributed by atoms with van der Waals surface area (Å²) in [6.45, 7) is 1.25. The summed E-state index contributed by atoms with van der Waals surface area (Å²) in [6.07, 6.45) is 3.28. The molecule has 24 heavy (non-hydrogen) atoms. The maximum absolute atomic E-state index is 12.9. The van der Waals surface area contributed by atoms with Crippen LogP contribution < -0.4 is 0 Å². The van der Waals surface area contributed by atoms with E-state index in [1.54, 1.807) is 11.0 Å². The van der Waals surface area contributed by atoms with Crippen LogP contribution in [0.4, 0.5) is 0 Å². The molecule has 1 aliphatic rings. The molecule has 1 aliphatic heterocycles. The molecule has 1 saturated heterocycles. The highest BCUT2D eigenvalue weighted by Crippen LogP contribution is 2.20. The molecule has 0 unspecified atom stereocenters. The van der Waals surface area contributed by atoms with Crippen molar-refractivity contribution < 1.29 is 9.90 Å². The normalized spacial score (nSPS) is 21.9. The Bertz CT molecular complexity index is 668. The van der Waals surface area contributed by atoms with E-state index in [9.17, 15) is 9.90 Å². The number of carbonyl (C=O) groups excluding carboxylic acids is 1. The number of likely N-dealkylation sites (N-methyl/N-ethyl adjacent to an activating group) is 1. The number of hydrogen-bond donors (Lipinski definition) is 2. The molecule has 2 N–H and O–H groups in total. The van der Waals surface area contributed by atoms with Gasteiger partial charge in [-0.2, -0.15) is 9.78 Å². The highest BCUT2D eigenvalue weighted by atomic mass is 16.3. The van der Waals surface area contributed by atoms with Crippen molar-refractivity contribution in [1.29, 1.82) is 0 Å². The van der Waals surface area contributed by atoms with E-state index in [0.717, 1.165) is 12.8 Å². The average Bonchev–Trinajstić information content (AvgIpc) is 3.21. The van der Waals surface area contributed by atoms with Gasteiger partial charge in [0.25, 0.3) is 5.91 Å². The van der Waals surface area contributed by atoms with Gasteiger partial charge in [-0.25, -0.2) is 0 Å². The van der Waals surface area contributed by atoms with E-state index in [0.29, 0.717) is 24.6 Å². The summed E-state index contributed by atoms with van der Waals surface area (Å²) in [7, 11) is 4.03. The van der Waals surface area contributed by atoms with Gasteiger partial charge in [-0.1, -0.05) is 0 Å². The van der Waals surface area contributed by atoms with Gasteiger partial charge < -0.3 is 14.9 Å². The zero-order valence-corrected chi connectivity index (χ0v) is 13.8. The minimum Gasteiger partial charge on any atom is -0.396 e. The van der Waals surface area contributed by atoms with Crippen molar-refractivity contribution in [2.45, 2.75) is 18.9 Å². The van der Waals surface area contributed by atoms with Crippen LogP contribution in [-0.2, 0) is 0 Å². The number of carbonyl (C=O) groups is 1. The SMILES string of the molecule is CN(C)[C@@H]1CC[C@H](CO)CN(C(=O)c2cc(-n3cnnn3)n[nH]2)C1. The summed E-state index contributed by atoms with van der Waals surface area (Å²) >= 11 is 0. The standard InChI is InChI=1S/C14H22N8O2/c1-20(2)11-4-3-10(8-23)6-21(7-11)14(24)12-5-13(17-16-12)22-9-15-18-19-22/h5,9-11,23H,3-4,6-8H2,1-2H3,(H,16,17)/t10-,11+/m0/s1. The number of H-pyrrole nitrogens is 1. The van der Waals surface area contributed by atoms with Crippen LogP contribution in [0.25, 0.3) is 5.82 Å². The molecule has 0 bridgehead atoms. The number of aromatic nitrogens is 6. The molecule has 130 valence electrons. The van der Waals surface area contributed by atoms with Crippen molar-refractivity contribution in [3.8, 4) is 5.82 Å². The molecular weight excluding hydrogens is 312 g/mol. The zero-order valence-electron chi connectivity index (χ0n) is 13.8. The molecule has 10 nitrogen and oxygen atoms in total. The fourth-order valence-electron chi connectivity index (χ4n) is 2.96. The largest absolute Gasteiger partial charge is 0.396 e. The van der Waals surface area contributed by atoms with Gasteiger partial charge in [0.15, 0.2) is 5.82 Å². The molecule has 1 amide bonds. The smallest absolute Gasteiger partial charge is 0.272 e. The summed E-state index contributed by atoms with van der Waals surface area (Å²) < 4.78 is 1.38. The third-order valence-electron chi connectivity index (χ3n) is 4.47. The van der Waals surface area contributed by atoms with Gasteiger partial charge in [-0.15, -0.1) is 5.10 Å². The number of likely N-dealkylation sites (tertiary alicyclic amines) is 1. The summed E-state index contributed by atoms with van der Waals surface area (Å²) in [5.41, 5.74) is 0.386. The Hall–Kier alpha value is -2.33. The summed E-state index contributed by atoms with van der Waals surface area (Å²) in [4.78, 5) is 16.8. The molecule has 2 aromatic heterocycles.